The molecule has 7 rings (SSSR count). The van der Waals surface area contributed by atoms with E-state index in [1.54, 1.807) is 6.33 Å². The molecule has 6 heteroatoms. The summed E-state index contributed by atoms with van der Waals surface area (Å²) in [4.78, 5) is 21.1. The van der Waals surface area contributed by atoms with Gasteiger partial charge in [0.15, 0.2) is 5.78 Å². The zero-order valence-corrected chi connectivity index (χ0v) is 28.6. The van der Waals surface area contributed by atoms with E-state index in [1.807, 2.05) is 33.8 Å². The molecule has 45 heavy (non-hydrogen) atoms. The number of carbonyl (C=O) groups is 1. The molecule has 3 heterocycles. The molecule has 0 aliphatic carbocycles. The molecule has 1 N–H and O–H groups in total. The third-order valence-corrected chi connectivity index (χ3v) is 8.99. The number of para-hydroxylation sites is 2. The number of aliphatic hydroxyl groups excluding tert-OH is 1. The molecule has 5 nitrogen and oxygen atoms in total. The van der Waals surface area contributed by atoms with Gasteiger partial charge in [0.2, 0.25) is 0 Å². The van der Waals surface area contributed by atoms with Crippen LogP contribution in [0.1, 0.15) is 53.4 Å². The Bertz CT molecular complexity index is 2120. The average molecular weight is 773 g/mol. The number of aliphatic hydroxyl groups is 1. The molecule has 0 amide bonds. The van der Waals surface area contributed by atoms with E-state index in [2.05, 4.69) is 88.2 Å². The van der Waals surface area contributed by atoms with Crippen LogP contribution in [0.15, 0.2) is 97.0 Å². The van der Waals surface area contributed by atoms with E-state index in [4.69, 9.17) is 4.98 Å². The monoisotopic (exact) mass is 773 g/mol. The maximum atomic E-state index is 11.7. The summed E-state index contributed by atoms with van der Waals surface area (Å²) in [6, 6.07) is 31.1. The minimum Gasteiger partial charge on any atom is -0.512 e. The molecule has 7 aromatic rings. The molecule has 3 aromatic heterocycles. The first-order valence-electron chi connectivity index (χ1n) is 15.7. The summed E-state index contributed by atoms with van der Waals surface area (Å²) in [5.74, 6) is 0.547. The second-order valence-corrected chi connectivity index (χ2v) is 11.4. The van der Waals surface area contributed by atoms with Gasteiger partial charge in [0.05, 0.1) is 27.8 Å². The molecule has 0 saturated heterocycles. The Morgan fingerprint density at radius 2 is 1.44 bits per heavy atom. The van der Waals surface area contributed by atoms with Gasteiger partial charge in [0, 0.05) is 59.9 Å². The summed E-state index contributed by atoms with van der Waals surface area (Å²) >= 11 is 0. The topological polar surface area (TPSA) is 67.5 Å². The van der Waals surface area contributed by atoms with Gasteiger partial charge in [-0.3, -0.25) is 9.78 Å². The summed E-state index contributed by atoms with van der Waals surface area (Å²) in [5, 5.41) is 15.7. The molecule has 0 unspecified atom stereocenters. The van der Waals surface area contributed by atoms with Gasteiger partial charge in [-0.1, -0.05) is 93.2 Å². The van der Waals surface area contributed by atoms with E-state index in [9.17, 15) is 9.90 Å². The minimum absolute atomic E-state index is 0. The molecule has 0 atom stereocenters. The summed E-state index contributed by atoms with van der Waals surface area (Å²) < 4.78 is 2.33. The van der Waals surface area contributed by atoms with E-state index < -0.39 is 0 Å². The van der Waals surface area contributed by atoms with Gasteiger partial charge in [0.25, 0.3) is 0 Å². The van der Waals surface area contributed by atoms with Crippen LogP contribution in [0.5, 0.6) is 0 Å². The van der Waals surface area contributed by atoms with Crippen LogP contribution >= 0.6 is 0 Å². The second kappa shape index (κ2) is 13.9. The van der Waals surface area contributed by atoms with Crippen LogP contribution in [0.3, 0.4) is 0 Å². The van der Waals surface area contributed by atoms with Crippen molar-refractivity contribution >= 4 is 54.8 Å². The number of hydrogen-bond acceptors (Lipinski definition) is 4. The molecular weight excluding hydrogens is 735 g/mol. The van der Waals surface area contributed by atoms with Gasteiger partial charge in [-0.15, -0.1) is 29.7 Å². The van der Waals surface area contributed by atoms with Crippen LogP contribution in [0.2, 0.25) is 0 Å². The van der Waals surface area contributed by atoms with Crippen molar-refractivity contribution in [2.45, 2.75) is 53.4 Å². The van der Waals surface area contributed by atoms with Crippen LogP contribution in [-0.4, -0.2) is 25.3 Å². The third-order valence-electron chi connectivity index (χ3n) is 8.99. The fraction of sp³-hybridized carbons (Fsp3) is 0.256. The molecule has 4 aromatic carbocycles. The summed E-state index contributed by atoms with van der Waals surface area (Å²) in [6.07, 6.45) is 6.58. The van der Waals surface area contributed by atoms with Gasteiger partial charge < -0.3 is 9.51 Å². The molecule has 1 radical (unpaired) electrons. The second-order valence-electron chi connectivity index (χ2n) is 11.4. The Labute approximate surface area is 277 Å². The number of fused-ring (bicyclic) bond motifs is 7. The van der Waals surface area contributed by atoms with Gasteiger partial charge in [0.1, 0.15) is 6.33 Å². The van der Waals surface area contributed by atoms with Crippen LogP contribution in [-0.2, 0) is 24.9 Å². The van der Waals surface area contributed by atoms with Gasteiger partial charge in [-0.25, -0.2) is 4.98 Å². The van der Waals surface area contributed by atoms with Crippen molar-refractivity contribution in [3.8, 4) is 11.3 Å². The number of benzene rings is 4. The van der Waals surface area contributed by atoms with Crippen molar-refractivity contribution in [3.05, 3.63) is 103 Å². The molecular formula is C39H38IrN3O2-. The minimum atomic E-state index is 0. The number of allylic oxidation sites excluding steroid dienone is 2. The normalized spacial score (nSPS) is 12.0. The van der Waals surface area contributed by atoms with Crippen molar-refractivity contribution < 1.29 is 30.0 Å². The average Bonchev–Trinajstić information content (AvgIpc) is 3.58. The predicted molar refractivity (Wildman–Crippen MR) is 182 cm³/mol. The zero-order chi connectivity index (χ0) is 30.8. The Morgan fingerprint density at radius 1 is 0.778 bits per heavy atom. The Balaban J connectivity index is 0.000000217. The maximum absolute atomic E-state index is 11.7. The van der Waals surface area contributed by atoms with Crippen molar-refractivity contribution in [1.82, 2.24) is 14.4 Å². The molecule has 0 aliphatic rings. The van der Waals surface area contributed by atoms with Crippen LogP contribution in [0.25, 0.3) is 60.3 Å². The number of carbonyl (C=O) groups excluding carboxylic acids is 1. The molecule has 0 saturated carbocycles. The van der Waals surface area contributed by atoms with Gasteiger partial charge in [-0.2, -0.15) is 0 Å². The first-order chi connectivity index (χ1) is 21.5. The molecule has 0 spiro atoms. The van der Waals surface area contributed by atoms with Crippen molar-refractivity contribution in [1.29, 1.82) is 0 Å². The SMILES string of the molecule is CCC(CC)C(=O)/C=C(\O)C(CC)CC.[Ir].[c-]1c(-c2ncnc3c4cccc5c6ccccc6n(c23)c54)ccc2ccccc12. The Kier molecular flexibility index (Phi) is 9.96. The summed E-state index contributed by atoms with van der Waals surface area (Å²) in [5.41, 5.74) is 6.34. The van der Waals surface area contributed by atoms with E-state index in [-0.39, 0.29) is 43.5 Å². The van der Waals surface area contributed by atoms with Crippen molar-refractivity contribution in [2.75, 3.05) is 0 Å². The van der Waals surface area contributed by atoms with E-state index >= 15 is 0 Å². The molecule has 231 valence electrons. The fourth-order valence-corrected chi connectivity index (χ4v) is 6.46. The first-order valence-corrected chi connectivity index (χ1v) is 15.7. The van der Waals surface area contributed by atoms with Gasteiger partial charge in [-0.05, 0) is 31.7 Å². The predicted octanol–water partition coefficient (Wildman–Crippen LogP) is 10.1. The Hall–Kier alpha value is -4.12. The standard InChI is InChI=1S/C26H14N3.C13H24O2.Ir/c1-2-7-17-14-18(13-12-16(17)6-1)23-26-24(28-15-27-23)21-10-5-9-20-19-8-3-4-11-22(19)29(26)25(20)21;1-5-10(6-2)12(14)9-13(15)11(7-3)8-4;/h1-13,15H;9-11,14H,5-8H2,1-4H3;/q-1;;/b;12-9-;. The van der Waals surface area contributed by atoms with Crippen LogP contribution in [0.4, 0.5) is 0 Å². The number of rotatable bonds is 8. The third kappa shape index (κ3) is 5.85. The smallest absolute Gasteiger partial charge is 0.162 e. The quantitative estimate of drug-likeness (QED) is 0.0949. The molecule has 0 fully saturated rings. The van der Waals surface area contributed by atoms with E-state index in [0.717, 1.165) is 58.7 Å². The van der Waals surface area contributed by atoms with Crippen LogP contribution in [0, 0.1) is 17.9 Å². The summed E-state index contributed by atoms with van der Waals surface area (Å²) in [6.45, 7) is 8.07. The fourth-order valence-electron chi connectivity index (χ4n) is 6.46. The molecule has 0 bridgehead atoms. The maximum Gasteiger partial charge on any atom is 0.162 e. The number of ketones is 1. The van der Waals surface area contributed by atoms with Crippen molar-refractivity contribution in [2.24, 2.45) is 11.8 Å². The number of aromatic nitrogens is 3. The van der Waals surface area contributed by atoms with Crippen molar-refractivity contribution in [3.63, 3.8) is 0 Å². The number of hydrogen-bond donors (Lipinski definition) is 1. The summed E-state index contributed by atoms with van der Waals surface area (Å²) in [7, 11) is 0. The van der Waals surface area contributed by atoms with E-state index in [0.29, 0.717) is 0 Å². The van der Waals surface area contributed by atoms with Crippen LogP contribution < -0.4 is 0 Å². The first kappa shape index (κ1) is 32.3. The number of nitrogens with zero attached hydrogens (tertiary/aromatic N) is 3. The van der Waals surface area contributed by atoms with E-state index in [1.165, 1.54) is 33.3 Å². The largest absolute Gasteiger partial charge is 0.512 e. The Morgan fingerprint density at radius 3 is 2.20 bits per heavy atom. The van der Waals surface area contributed by atoms with Gasteiger partial charge >= 0.3 is 0 Å². The molecule has 0 aliphatic heterocycles. The zero-order valence-electron chi connectivity index (χ0n) is 26.2.